The van der Waals surface area contributed by atoms with Gasteiger partial charge in [0.25, 0.3) is 0 Å². The van der Waals surface area contributed by atoms with E-state index >= 15 is 0 Å². The first-order valence-corrected chi connectivity index (χ1v) is 11.5. The number of rotatable bonds is 8. The van der Waals surface area contributed by atoms with Crippen LogP contribution in [-0.4, -0.2) is 38.9 Å². The van der Waals surface area contributed by atoms with E-state index in [0.717, 1.165) is 28.6 Å². The predicted octanol–water partition coefficient (Wildman–Crippen LogP) is 5.26. The first kappa shape index (κ1) is 25.0. The number of nitrogens with zero attached hydrogens (tertiary/aromatic N) is 3. The number of likely N-dealkylation sites (N-methyl/N-ethyl adjacent to an activating group) is 1. The minimum absolute atomic E-state index is 0.00237. The molecule has 0 bridgehead atoms. The van der Waals surface area contributed by atoms with Crippen LogP contribution in [-0.2, 0) is 11.2 Å². The number of hydrogen-bond acceptors (Lipinski definition) is 6. The van der Waals surface area contributed by atoms with Crippen molar-refractivity contribution in [1.82, 2.24) is 14.8 Å². The number of nitrogens with one attached hydrogen (secondary N) is 3. The van der Waals surface area contributed by atoms with Crippen LogP contribution in [0.25, 0.3) is 5.69 Å². The van der Waals surface area contributed by atoms with Crippen LogP contribution in [0.3, 0.4) is 0 Å². The summed E-state index contributed by atoms with van der Waals surface area (Å²) in [6, 6.07) is 14.5. The molecule has 176 valence electrons. The molecule has 0 radical (unpaired) electrons. The van der Waals surface area contributed by atoms with Crippen molar-refractivity contribution in [1.29, 1.82) is 5.26 Å². The summed E-state index contributed by atoms with van der Waals surface area (Å²) >= 11 is 10.6. The molecule has 3 aromatic rings. The van der Waals surface area contributed by atoms with Gasteiger partial charge in [-0.2, -0.15) is 5.26 Å². The van der Waals surface area contributed by atoms with E-state index in [9.17, 15) is 9.90 Å². The number of amides is 1. The van der Waals surface area contributed by atoms with Gasteiger partial charge in [0, 0.05) is 24.8 Å². The van der Waals surface area contributed by atoms with E-state index in [2.05, 4.69) is 15.5 Å². The maximum atomic E-state index is 13.2. The van der Waals surface area contributed by atoms with E-state index < -0.39 is 6.04 Å². The Bertz CT molecular complexity index is 1350. The summed E-state index contributed by atoms with van der Waals surface area (Å²) in [6.45, 7) is 3.89. The number of H-pyrrole nitrogens is 2. The number of benzene rings is 2. The van der Waals surface area contributed by atoms with Crippen molar-refractivity contribution in [3.63, 3.8) is 0 Å². The lowest BCUT2D eigenvalue weighted by atomic mass is 10.0. The van der Waals surface area contributed by atoms with E-state index in [1.807, 2.05) is 74.3 Å². The Morgan fingerprint density at radius 2 is 1.97 bits per heavy atom. The number of anilines is 2. The number of aromatic nitrogens is 3. The molecular formula is C24H26N6O2S2. The van der Waals surface area contributed by atoms with Gasteiger partial charge in [0.1, 0.15) is 11.8 Å². The monoisotopic (exact) mass is 494 g/mol. The molecule has 0 saturated carbocycles. The first-order valence-electron chi connectivity index (χ1n) is 10.7. The maximum Gasteiger partial charge on any atom is 0.247 e. The van der Waals surface area contributed by atoms with E-state index in [4.69, 9.17) is 29.7 Å². The number of carbonyl (C=O) groups is 1. The number of aliphatic hydroxyl groups is 1. The molecule has 0 aliphatic rings. The molecule has 0 spiro atoms. The molecule has 8 nitrogen and oxygen atoms in total. The van der Waals surface area contributed by atoms with E-state index in [0.29, 0.717) is 21.7 Å². The Hall–Kier alpha value is -3.68. The maximum absolute atomic E-state index is 13.2. The molecule has 1 amide bonds. The molecule has 0 saturated heterocycles. The van der Waals surface area contributed by atoms with E-state index in [1.165, 1.54) is 0 Å². The smallest absolute Gasteiger partial charge is 0.247 e. The fourth-order valence-corrected chi connectivity index (χ4v) is 4.25. The van der Waals surface area contributed by atoms with Crippen LogP contribution < -0.4 is 10.2 Å². The van der Waals surface area contributed by atoms with Crippen LogP contribution in [0.5, 0.6) is 0 Å². The highest BCUT2D eigenvalue weighted by atomic mass is 32.1. The third kappa shape index (κ3) is 5.62. The number of carbonyl (C=O) groups excluding carboxylic acids is 1. The third-order valence-electron chi connectivity index (χ3n) is 5.55. The molecule has 0 aliphatic heterocycles. The predicted molar refractivity (Wildman–Crippen MR) is 138 cm³/mol. The summed E-state index contributed by atoms with van der Waals surface area (Å²) in [6.07, 6.45) is 1.96. The van der Waals surface area contributed by atoms with Crippen LogP contribution in [0.15, 0.2) is 54.3 Å². The zero-order valence-corrected chi connectivity index (χ0v) is 20.8. The van der Waals surface area contributed by atoms with Gasteiger partial charge in [-0.05, 0) is 79.2 Å². The van der Waals surface area contributed by atoms with Crippen LogP contribution >= 0.6 is 24.4 Å². The van der Waals surface area contributed by atoms with Crippen LogP contribution in [0, 0.1) is 27.8 Å². The average Bonchev–Trinajstić information content (AvgIpc) is 3.14. The second-order valence-corrected chi connectivity index (χ2v) is 8.60. The number of nitriles is 1. The lowest BCUT2D eigenvalue weighted by Gasteiger charge is -2.29. The second-order valence-electron chi connectivity index (χ2n) is 7.82. The molecule has 3 rings (SSSR count). The lowest BCUT2D eigenvalue weighted by molar-refractivity contribution is -0.117. The number of hydrogen-bond donors (Lipinski definition) is 4. The molecule has 34 heavy (non-hydrogen) atoms. The quantitative estimate of drug-likeness (QED) is 0.193. The summed E-state index contributed by atoms with van der Waals surface area (Å²) in [5, 5.41) is 27.3. The molecule has 2 aromatic carbocycles. The molecule has 1 atom stereocenters. The van der Waals surface area contributed by atoms with Gasteiger partial charge in [-0.1, -0.05) is 19.1 Å². The van der Waals surface area contributed by atoms with Crippen LogP contribution in [0.1, 0.15) is 24.5 Å². The fourth-order valence-electron chi connectivity index (χ4n) is 3.70. The minimum atomic E-state index is -0.431. The highest BCUT2D eigenvalue weighted by Gasteiger charge is 2.22. The van der Waals surface area contributed by atoms with E-state index in [1.54, 1.807) is 4.57 Å². The van der Waals surface area contributed by atoms with Gasteiger partial charge in [-0.15, -0.1) is 0 Å². The summed E-state index contributed by atoms with van der Waals surface area (Å²) in [4.78, 5) is 15.1. The zero-order chi connectivity index (χ0) is 24.8. The summed E-state index contributed by atoms with van der Waals surface area (Å²) in [5.41, 5.74) is 4.08. The number of aromatic amines is 2. The molecule has 1 aromatic heterocycles. The van der Waals surface area contributed by atoms with Gasteiger partial charge < -0.3 is 15.3 Å². The second kappa shape index (κ2) is 11.0. The molecule has 1 heterocycles. The Balaban J connectivity index is 1.82. The van der Waals surface area contributed by atoms with Gasteiger partial charge >= 0.3 is 0 Å². The van der Waals surface area contributed by atoms with Crippen molar-refractivity contribution in [3.05, 3.63) is 75.0 Å². The highest BCUT2D eigenvalue weighted by Crippen LogP contribution is 2.24. The topological polar surface area (TPSA) is 113 Å². The van der Waals surface area contributed by atoms with Crippen LogP contribution in [0.4, 0.5) is 11.4 Å². The Labute approximate surface area is 208 Å². The zero-order valence-electron chi connectivity index (χ0n) is 19.1. The first-order chi connectivity index (χ1) is 16.2. The van der Waals surface area contributed by atoms with Crippen molar-refractivity contribution < 1.29 is 9.90 Å². The Kier molecular flexibility index (Phi) is 8.04. The number of allylic oxidation sites excluding steroid dienone is 2. The van der Waals surface area contributed by atoms with Crippen molar-refractivity contribution >= 4 is 41.7 Å². The average molecular weight is 495 g/mol. The normalized spacial score (nSPS) is 12.1. The number of aliphatic hydroxyl groups excluding tert-OH is 1. The number of aryl methyl sites for hydroxylation is 1. The van der Waals surface area contributed by atoms with Gasteiger partial charge in [0.15, 0.2) is 9.54 Å². The molecule has 1 unspecified atom stereocenters. The van der Waals surface area contributed by atoms with Crippen molar-refractivity contribution in [2.45, 2.75) is 32.7 Å². The Morgan fingerprint density at radius 1 is 1.26 bits per heavy atom. The lowest BCUT2D eigenvalue weighted by Crippen LogP contribution is -2.41. The molecule has 0 aliphatic carbocycles. The largest absolute Gasteiger partial charge is 0.511 e. The van der Waals surface area contributed by atoms with Gasteiger partial charge in [0.2, 0.25) is 5.91 Å². The molecule has 4 N–H and O–H groups in total. The van der Waals surface area contributed by atoms with Crippen molar-refractivity contribution in [2.75, 3.05) is 17.3 Å². The molecule has 10 heteroatoms. The summed E-state index contributed by atoms with van der Waals surface area (Å²) in [7, 11) is 1.86. The van der Waals surface area contributed by atoms with Crippen molar-refractivity contribution in [2.24, 2.45) is 0 Å². The van der Waals surface area contributed by atoms with Gasteiger partial charge in [-0.25, -0.2) is 0 Å². The SMILES string of the molecule is CCC(C(=O)Nc1cccc(-n2c(=S)[nH][nH]c2=S)c1)N(C)c1ccc(C)c(C/C(O)=C/C#N)c1. The fraction of sp³-hybridized carbons (Fsp3) is 0.250. The van der Waals surface area contributed by atoms with E-state index in [-0.39, 0.29) is 18.1 Å². The highest BCUT2D eigenvalue weighted by molar-refractivity contribution is 7.72. The van der Waals surface area contributed by atoms with Gasteiger partial charge in [-0.3, -0.25) is 19.6 Å². The minimum Gasteiger partial charge on any atom is -0.511 e. The Morgan fingerprint density at radius 3 is 2.62 bits per heavy atom. The summed E-state index contributed by atoms with van der Waals surface area (Å²) < 4.78 is 2.55. The van der Waals surface area contributed by atoms with Crippen molar-refractivity contribution in [3.8, 4) is 11.8 Å². The van der Waals surface area contributed by atoms with Crippen LogP contribution in [0.2, 0.25) is 0 Å². The summed E-state index contributed by atoms with van der Waals surface area (Å²) in [5.74, 6) is -0.156. The standard InChI is InChI=1S/C24H26N6O2S2/c1-4-21(29(3)18-9-8-15(2)16(12-18)13-20(31)10-11-25)22(32)26-17-6-5-7-19(14-17)30-23(33)27-28-24(30)34/h5-10,12,14,21,31H,4,13H2,1-3H3,(H,26,32)(H,27,33)(H,28,34)/b20-10-. The van der Waals surface area contributed by atoms with Gasteiger partial charge in [0.05, 0.1) is 17.8 Å². The third-order valence-corrected chi connectivity index (χ3v) is 6.12. The molecular weight excluding hydrogens is 468 g/mol. The molecule has 0 fully saturated rings.